The van der Waals surface area contributed by atoms with E-state index in [1.54, 1.807) is 36.1 Å². The molecule has 2 unspecified atom stereocenters. The van der Waals surface area contributed by atoms with E-state index in [9.17, 15) is 19.5 Å². The average Bonchev–Trinajstić information content (AvgIpc) is 2.95. The topological polar surface area (TPSA) is 95.9 Å². The molecule has 0 saturated carbocycles. The van der Waals surface area contributed by atoms with Gasteiger partial charge in [0.05, 0.1) is 25.0 Å². The number of amides is 2. The third-order valence-corrected chi connectivity index (χ3v) is 4.58. The number of methoxy groups -OCH3 is 1. The van der Waals surface area contributed by atoms with Crippen molar-refractivity contribution in [3.05, 3.63) is 29.8 Å². The number of nitrogens with zero attached hydrogens (tertiary/aromatic N) is 1. The molecule has 1 heterocycles. The highest BCUT2D eigenvalue weighted by Crippen LogP contribution is 2.29. The van der Waals surface area contributed by atoms with E-state index < -0.39 is 17.4 Å². The fourth-order valence-corrected chi connectivity index (χ4v) is 3.11. The Balaban J connectivity index is 2.23. The molecule has 1 fully saturated rings. The molecular weight excluding hydrogens is 324 g/mol. The van der Waals surface area contributed by atoms with Crippen LogP contribution in [0.2, 0.25) is 0 Å². The number of carboxylic acid groups (broad SMARTS) is 1. The zero-order chi connectivity index (χ0) is 18.6. The maximum absolute atomic E-state index is 12.7. The van der Waals surface area contributed by atoms with Crippen molar-refractivity contribution >= 4 is 17.8 Å². The summed E-state index contributed by atoms with van der Waals surface area (Å²) >= 11 is 0. The van der Waals surface area contributed by atoms with Crippen LogP contribution in [0.5, 0.6) is 5.75 Å². The molecule has 7 nitrogen and oxygen atoms in total. The van der Waals surface area contributed by atoms with Gasteiger partial charge < -0.3 is 20.1 Å². The fourth-order valence-electron chi connectivity index (χ4n) is 3.11. The standard InChI is InChI=1S/C18H24N2O5/c1-4-20-11-12(8-15(20)21)17(24)19-18(2,10-16(22)23)13-6-5-7-14(9-13)25-3/h5-7,9,12H,4,8,10-11H2,1-3H3,(H,19,24)(H,22,23). The van der Waals surface area contributed by atoms with Gasteiger partial charge in [-0.1, -0.05) is 12.1 Å². The Hall–Kier alpha value is -2.57. The van der Waals surface area contributed by atoms with E-state index in [2.05, 4.69) is 5.32 Å². The van der Waals surface area contributed by atoms with Crippen LogP contribution in [0, 0.1) is 5.92 Å². The van der Waals surface area contributed by atoms with Crippen molar-refractivity contribution in [2.45, 2.75) is 32.2 Å². The summed E-state index contributed by atoms with van der Waals surface area (Å²) in [7, 11) is 1.52. The molecule has 1 saturated heterocycles. The minimum absolute atomic E-state index is 0.0519. The van der Waals surface area contributed by atoms with Gasteiger partial charge in [0.1, 0.15) is 5.75 Å². The largest absolute Gasteiger partial charge is 0.497 e. The van der Waals surface area contributed by atoms with Gasteiger partial charge in [-0.15, -0.1) is 0 Å². The lowest BCUT2D eigenvalue weighted by Crippen LogP contribution is -2.47. The van der Waals surface area contributed by atoms with Crippen LogP contribution in [-0.2, 0) is 19.9 Å². The molecule has 2 rings (SSSR count). The van der Waals surface area contributed by atoms with Crippen molar-refractivity contribution < 1.29 is 24.2 Å². The third-order valence-electron chi connectivity index (χ3n) is 4.58. The van der Waals surface area contributed by atoms with Crippen LogP contribution in [-0.4, -0.2) is 48.0 Å². The van der Waals surface area contributed by atoms with Crippen molar-refractivity contribution in [1.29, 1.82) is 0 Å². The predicted molar refractivity (Wildman–Crippen MR) is 91.1 cm³/mol. The minimum atomic E-state index is -1.10. The average molecular weight is 348 g/mol. The van der Waals surface area contributed by atoms with E-state index in [4.69, 9.17) is 4.74 Å². The minimum Gasteiger partial charge on any atom is -0.497 e. The molecule has 0 radical (unpaired) electrons. The van der Waals surface area contributed by atoms with Crippen LogP contribution in [0.25, 0.3) is 0 Å². The maximum atomic E-state index is 12.7. The first-order chi connectivity index (χ1) is 11.8. The van der Waals surface area contributed by atoms with E-state index in [-0.39, 0.29) is 24.7 Å². The van der Waals surface area contributed by atoms with Crippen LogP contribution in [0.3, 0.4) is 0 Å². The lowest BCUT2D eigenvalue weighted by Gasteiger charge is -2.31. The molecule has 2 atom stereocenters. The van der Waals surface area contributed by atoms with Gasteiger partial charge in [-0.05, 0) is 31.5 Å². The normalized spacial score (nSPS) is 19.4. The number of carboxylic acids is 1. The zero-order valence-electron chi connectivity index (χ0n) is 14.7. The summed E-state index contributed by atoms with van der Waals surface area (Å²) in [6.45, 7) is 4.46. The van der Waals surface area contributed by atoms with Crippen LogP contribution in [0.4, 0.5) is 0 Å². The van der Waals surface area contributed by atoms with Crippen LogP contribution in [0.1, 0.15) is 32.3 Å². The highest BCUT2D eigenvalue weighted by Gasteiger charge is 2.38. The Labute approximate surface area is 147 Å². The second-order valence-corrected chi connectivity index (χ2v) is 6.46. The SMILES string of the molecule is CCN1CC(C(=O)NC(C)(CC(=O)O)c2cccc(OC)c2)CC1=O. The second kappa shape index (κ2) is 7.55. The molecule has 0 aromatic heterocycles. The Morgan fingerprint density at radius 2 is 2.16 bits per heavy atom. The Morgan fingerprint density at radius 1 is 1.44 bits per heavy atom. The van der Waals surface area contributed by atoms with E-state index in [1.807, 2.05) is 6.92 Å². The Bertz CT molecular complexity index is 675. The van der Waals surface area contributed by atoms with E-state index in [0.29, 0.717) is 24.4 Å². The molecule has 0 aliphatic carbocycles. The van der Waals surface area contributed by atoms with Gasteiger partial charge in [0.2, 0.25) is 11.8 Å². The number of nitrogens with one attached hydrogen (secondary N) is 1. The lowest BCUT2D eigenvalue weighted by molar-refractivity contribution is -0.139. The summed E-state index contributed by atoms with van der Waals surface area (Å²) in [5, 5.41) is 12.1. The number of carbonyl (C=O) groups excluding carboxylic acids is 2. The van der Waals surface area contributed by atoms with Crippen molar-refractivity contribution in [2.24, 2.45) is 5.92 Å². The molecule has 136 valence electrons. The molecule has 1 aliphatic rings. The van der Waals surface area contributed by atoms with Gasteiger partial charge in [-0.3, -0.25) is 14.4 Å². The van der Waals surface area contributed by atoms with Crippen molar-refractivity contribution in [3.63, 3.8) is 0 Å². The van der Waals surface area contributed by atoms with Crippen LogP contribution < -0.4 is 10.1 Å². The second-order valence-electron chi connectivity index (χ2n) is 6.46. The van der Waals surface area contributed by atoms with Gasteiger partial charge in [0.15, 0.2) is 0 Å². The first-order valence-corrected chi connectivity index (χ1v) is 8.25. The highest BCUT2D eigenvalue weighted by atomic mass is 16.5. The Morgan fingerprint density at radius 3 is 2.72 bits per heavy atom. The lowest BCUT2D eigenvalue weighted by atomic mass is 9.87. The molecule has 2 N–H and O–H groups in total. The number of aliphatic carboxylic acids is 1. The number of likely N-dealkylation sites (tertiary alicyclic amines) is 1. The smallest absolute Gasteiger partial charge is 0.306 e. The molecule has 1 aromatic carbocycles. The van der Waals surface area contributed by atoms with Gasteiger partial charge in [0.25, 0.3) is 0 Å². The maximum Gasteiger partial charge on any atom is 0.306 e. The molecule has 0 bridgehead atoms. The predicted octanol–water partition coefficient (Wildman–Crippen LogP) is 1.37. The van der Waals surface area contributed by atoms with Gasteiger partial charge in [0, 0.05) is 19.5 Å². The molecule has 0 spiro atoms. The van der Waals surface area contributed by atoms with Crippen molar-refractivity contribution in [1.82, 2.24) is 10.2 Å². The third kappa shape index (κ3) is 4.29. The summed E-state index contributed by atoms with van der Waals surface area (Å²) in [6.07, 6.45) is -0.120. The quantitative estimate of drug-likeness (QED) is 0.776. The van der Waals surface area contributed by atoms with Gasteiger partial charge >= 0.3 is 5.97 Å². The highest BCUT2D eigenvalue weighted by molar-refractivity contribution is 5.90. The Kier molecular flexibility index (Phi) is 5.66. The summed E-state index contributed by atoms with van der Waals surface area (Å²) in [4.78, 5) is 37.5. The number of hydrogen-bond acceptors (Lipinski definition) is 4. The number of ether oxygens (including phenoxy) is 1. The first-order valence-electron chi connectivity index (χ1n) is 8.25. The van der Waals surface area contributed by atoms with E-state index in [0.717, 1.165) is 0 Å². The summed E-state index contributed by atoms with van der Waals surface area (Å²) in [5.41, 5.74) is -0.459. The summed E-state index contributed by atoms with van der Waals surface area (Å²) in [6, 6.07) is 6.96. The molecular formula is C18H24N2O5. The number of carbonyl (C=O) groups is 3. The number of rotatable bonds is 7. The summed E-state index contributed by atoms with van der Waals surface area (Å²) in [5.74, 6) is -1.27. The number of benzene rings is 1. The molecule has 25 heavy (non-hydrogen) atoms. The first kappa shape index (κ1) is 18.8. The zero-order valence-corrected chi connectivity index (χ0v) is 14.7. The monoisotopic (exact) mass is 348 g/mol. The van der Waals surface area contributed by atoms with Gasteiger partial charge in [-0.25, -0.2) is 0 Å². The van der Waals surface area contributed by atoms with Crippen molar-refractivity contribution in [2.75, 3.05) is 20.2 Å². The molecule has 1 aliphatic heterocycles. The van der Waals surface area contributed by atoms with E-state index >= 15 is 0 Å². The van der Waals surface area contributed by atoms with Crippen LogP contribution in [0.15, 0.2) is 24.3 Å². The molecule has 2 amide bonds. The number of hydrogen-bond donors (Lipinski definition) is 2. The summed E-state index contributed by atoms with van der Waals surface area (Å²) < 4.78 is 5.19. The molecule has 7 heteroatoms. The van der Waals surface area contributed by atoms with E-state index in [1.165, 1.54) is 7.11 Å². The van der Waals surface area contributed by atoms with Crippen LogP contribution >= 0.6 is 0 Å². The molecule has 1 aromatic rings. The van der Waals surface area contributed by atoms with Crippen molar-refractivity contribution in [3.8, 4) is 5.75 Å². The fraction of sp³-hybridized carbons (Fsp3) is 0.500. The van der Waals surface area contributed by atoms with Gasteiger partial charge in [-0.2, -0.15) is 0 Å².